The molecule has 0 aromatic carbocycles. The van der Waals surface area contributed by atoms with Gasteiger partial charge in [-0.2, -0.15) is 0 Å². The molecule has 0 aromatic rings. The standard InChI is InChI=1S/C7H17NO.H2/c1-7(2)8-5-4-6-9-3;/h7-8H,4-6H2,1-3H3;1H. The summed E-state index contributed by atoms with van der Waals surface area (Å²) in [6.07, 6.45) is 1.11. The molecule has 0 amide bonds. The summed E-state index contributed by atoms with van der Waals surface area (Å²) in [5.74, 6) is 0. The van der Waals surface area contributed by atoms with Gasteiger partial charge in [-0.05, 0) is 13.0 Å². The summed E-state index contributed by atoms with van der Waals surface area (Å²) in [5.41, 5.74) is 0. The van der Waals surface area contributed by atoms with Gasteiger partial charge in [-0.3, -0.25) is 0 Å². The Balaban J connectivity index is 0. The minimum Gasteiger partial charge on any atom is -0.385 e. The molecule has 0 aliphatic heterocycles. The zero-order valence-corrected chi connectivity index (χ0v) is 6.61. The molecule has 2 heteroatoms. The van der Waals surface area contributed by atoms with E-state index in [0.717, 1.165) is 19.6 Å². The van der Waals surface area contributed by atoms with Crippen LogP contribution in [-0.4, -0.2) is 26.3 Å². The third-order valence-corrected chi connectivity index (χ3v) is 1.08. The zero-order valence-electron chi connectivity index (χ0n) is 6.61. The maximum Gasteiger partial charge on any atom is 0.0474 e. The summed E-state index contributed by atoms with van der Waals surface area (Å²) in [5, 5.41) is 3.30. The molecule has 0 heterocycles. The number of rotatable bonds is 5. The molecule has 0 rings (SSSR count). The van der Waals surface area contributed by atoms with E-state index in [1.165, 1.54) is 0 Å². The number of hydrogen-bond donors (Lipinski definition) is 1. The lowest BCUT2D eigenvalue weighted by Crippen LogP contribution is -2.24. The van der Waals surface area contributed by atoms with E-state index in [1.807, 2.05) is 0 Å². The molecule has 0 atom stereocenters. The number of nitrogens with one attached hydrogen (secondary N) is 1. The number of ether oxygens (including phenoxy) is 1. The van der Waals surface area contributed by atoms with Crippen LogP contribution in [0.5, 0.6) is 0 Å². The lowest BCUT2D eigenvalue weighted by molar-refractivity contribution is 0.193. The van der Waals surface area contributed by atoms with Gasteiger partial charge in [-0.25, -0.2) is 0 Å². The van der Waals surface area contributed by atoms with Crippen LogP contribution in [0.15, 0.2) is 0 Å². The van der Waals surface area contributed by atoms with Crippen molar-refractivity contribution in [3.8, 4) is 0 Å². The van der Waals surface area contributed by atoms with E-state index in [0.29, 0.717) is 6.04 Å². The van der Waals surface area contributed by atoms with Crippen LogP contribution < -0.4 is 5.32 Å². The van der Waals surface area contributed by atoms with E-state index in [-0.39, 0.29) is 1.43 Å². The smallest absolute Gasteiger partial charge is 0.0474 e. The summed E-state index contributed by atoms with van der Waals surface area (Å²) in [4.78, 5) is 0. The van der Waals surface area contributed by atoms with Crippen molar-refractivity contribution < 1.29 is 6.16 Å². The van der Waals surface area contributed by atoms with Crippen LogP contribution >= 0.6 is 0 Å². The molecule has 0 radical (unpaired) electrons. The summed E-state index contributed by atoms with van der Waals surface area (Å²) in [6, 6.07) is 0.599. The summed E-state index contributed by atoms with van der Waals surface area (Å²) >= 11 is 0. The lowest BCUT2D eigenvalue weighted by Gasteiger charge is -2.05. The monoisotopic (exact) mass is 133 g/mol. The van der Waals surface area contributed by atoms with E-state index in [1.54, 1.807) is 7.11 Å². The molecule has 9 heavy (non-hydrogen) atoms. The van der Waals surface area contributed by atoms with Crippen molar-refractivity contribution in [2.75, 3.05) is 20.3 Å². The van der Waals surface area contributed by atoms with Crippen LogP contribution in [0, 0.1) is 0 Å². The van der Waals surface area contributed by atoms with E-state index < -0.39 is 0 Å². The van der Waals surface area contributed by atoms with Crippen molar-refractivity contribution in [3.63, 3.8) is 0 Å². The van der Waals surface area contributed by atoms with Crippen molar-refractivity contribution in [1.29, 1.82) is 0 Å². The Morgan fingerprint density at radius 3 is 2.67 bits per heavy atom. The maximum atomic E-state index is 4.88. The molecule has 0 aromatic heterocycles. The first-order valence-corrected chi connectivity index (χ1v) is 3.49. The Morgan fingerprint density at radius 2 is 2.22 bits per heavy atom. The fourth-order valence-corrected chi connectivity index (χ4v) is 0.607. The highest BCUT2D eigenvalue weighted by molar-refractivity contribution is 4.51. The molecule has 2 nitrogen and oxygen atoms in total. The van der Waals surface area contributed by atoms with Crippen molar-refractivity contribution in [3.05, 3.63) is 0 Å². The molecule has 58 valence electrons. The average Bonchev–Trinajstić information content (AvgIpc) is 1.80. The molecule has 0 saturated heterocycles. The van der Waals surface area contributed by atoms with Gasteiger partial charge in [0, 0.05) is 21.2 Å². The highest BCUT2D eigenvalue weighted by atomic mass is 16.5. The summed E-state index contributed by atoms with van der Waals surface area (Å²) in [7, 11) is 1.73. The topological polar surface area (TPSA) is 21.3 Å². The molecule has 0 bridgehead atoms. The number of methoxy groups -OCH3 is 1. The van der Waals surface area contributed by atoms with Gasteiger partial charge in [0.15, 0.2) is 0 Å². The molecule has 0 saturated carbocycles. The minimum absolute atomic E-state index is 0. The van der Waals surface area contributed by atoms with Crippen LogP contribution in [0.1, 0.15) is 21.7 Å². The second-order valence-electron chi connectivity index (χ2n) is 2.46. The quantitative estimate of drug-likeness (QED) is 0.570. The van der Waals surface area contributed by atoms with Gasteiger partial charge in [-0.15, -0.1) is 0 Å². The first kappa shape index (κ1) is 8.92. The second-order valence-corrected chi connectivity index (χ2v) is 2.46. The summed E-state index contributed by atoms with van der Waals surface area (Å²) < 4.78 is 4.88. The van der Waals surface area contributed by atoms with Crippen LogP contribution in [-0.2, 0) is 4.74 Å². The van der Waals surface area contributed by atoms with Crippen molar-refractivity contribution >= 4 is 0 Å². The molecule has 0 spiro atoms. The normalized spacial score (nSPS) is 10.7. The Hall–Kier alpha value is -0.0800. The predicted octanol–water partition coefficient (Wildman–Crippen LogP) is 1.27. The molecule has 0 aliphatic carbocycles. The maximum absolute atomic E-state index is 4.88. The van der Waals surface area contributed by atoms with Gasteiger partial charge >= 0.3 is 0 Å². The van der Waals surface area contributed by atoms with Crippen LogP contribution in [0.3, 0.4) is 0 Å². The molecule has 0 fully saturated rings. The molecular weight excluding hydrogens is 114 g/mol. The summed E-state index contributed by atoms with van der Waals surface area (Å²) in [6.45, 7) is 6.21. The van der Waals surface area contributed by atoms with Crippen LogP contribution in [0.25, 0.3) is 0 Å². The molecule has 1 N–H and O–H groups in total. The van der Waals surface area contributed by atoms with E-state index in [2.05, 4.69) is 19.2 Å². The van der Waals surface area contributed by atoms with Gasteiger partial charge in [0.1, 0.15) is 0 Å². The Labute approximate surface area is 59.1 Å². The zero-order chi connectivity index (χ0) is 7.11. The third-order valence-electron chi connectivity index (χ3n) is 1.08. The highest BCUT2D eigenvalue weighted by Crippen LogP contribution is 1.80. The average molecular weight is 133 g/mol. The Bertz CT molecular complexity index is 59.6. The van der Waals surface area contributed by atoms with E-state index in [4.69, 9.17) is 4.74 Å². The Kier molecular flexibility index (Phi) is 5.99. The largest absolute Gasteiger partial charge is 0.385 e. The van der Waals surface area contributed by atoms with Crippen molar-refractivity contribution in [1.82, 2.24) is 5.32 Å². The third kappa shape index (κ3) is 7.92. The van der Waals surface area contributed by atoms with Crippen molar-refractivity contribution in [2.24, 2.45) is 0 Å². The van der Waals surface area contributed by atoms with Gasteiger partial charge < -0.3 is 10.1 Å². The van der Waals surface area contributed by atoms with Gasteiger partial charge in [0.2, 0.25) is 0 Å². The minimum atomic E-state index is 0. The fourth-order valence-electron chi connectivity index (χ4n) is 0.607. The lowest BCUT2D eigenvalue weighted by atomic mass is 10.3. The fraction of sp³-hybridized carbons (Fsp3) is 1.00. The molecular formula is C7H19NO. The van der Waals surface area contributed by atoms with Crippen LogP contribution in [0.4, 0.5) is 0 Å². The first-order valence-electron chi connectivity index (χ1n) is 3.49. The van der Waals surface area contributed by atoms with Gasteiger partial charge in [0.05, 0.1) is 0 Å². The molecule has 0 unspecified atom stereocenters. The second kappa shape index (κ2) is 6.05. The highest BCUT2D eigenvalue weighted by Gasteiger charge is 1.89. The van der Waals surface area contributed by atoms with E-state index in [9.17, 15) is 0 Å². The molecule has 0 aliphatic rings. The first-order chi connectivity index (χ1) is 4.27. The number of hydrogen-bond acceptors (Lipinski definition) is 2. The SMILES string of the molecule is COCCCNC(C)C.[HH]. The Morgan fingerprint density at radius 1 is 1.56 bits per heavy atom. The van der Waals surface area contributed by atoms with Crippen LogP contribution in [0.2, 0.25) is 0 Å². The van der Waals surface area contributed by atoms with E-state index >= 15 is 0 Å². The van der Waals surface area contributed by atoms with Crippen molar-refractivity contribution in [2.45, 2.75) is 26.3 Å². The van der Waals surface area contributed by atoms with Gasteiger partial charge in [0.25, 0.3) is 0 Å². The van der Waals surface area contributed by atoms with Gasteiger partial charge in [-0.1, -0.05) is 13.8 Å². The predicted molar refractivity (Wildman–Crippen MR) is 41.7 cm³/mol.